The molecule has 6 nitrogen and oxygen atoms in total. The molecule has 140 valence electrons. The number of carboxylic acid groups (broad SMARTS) is 1. The molecule has 1 aliphatic heterocycles. The van der Waals surface area contributed by atoms with Crippen molar-refractivity contribution in [2.45, 2.75) is 5.92 Å². The molecule has 2 aromatic rings. The fourth-order valence-corrected chi connectivity index (χ4v) is 4.17. The number of aliphatic hydroxyl groups is 1. The van der Waals surface area contributed by atoms with Gasteiger partial charge in [-0.25, -0.2) is 4.79 Å². The molecule has 2 aliphatic rings. The summed E-state index contributed by atoms with van der Waals surface area (Å²) in [6, 6.07) is 16.2. The Labute approximate surface area is 157 Å². The second-order valence-electron chi connectivity index (χ2n) is 7.10. The molecule has 1 fully saturated rings. The quantitative estimate of drug-likeness (QED) is 0.867. The second kappa shape index (κ2) is 7.04. The summed E-state index contributed by atoms with van der Waals surface area (Å²) < 4.78 is 5.56. The van der Waals surface area contributed by atoms with E-state index in [2.05, 4.69) is 12.1 Å². The number of hydrogen-bond acceptors (Lipinski definition) is 4. The molecule has 0 aromatic heterocycles. The lowest BCUT2D eigenvalue weighted by Gasteiger charge is -2.19. The van der Waals surface area contributed by atoms with Gasteiger partial charge in [-0.2, -0.15) is 0 Å². The molecular formula is C21H21NO5. The number of rotatable bonds is 4. The molecular weight excluding hydrogens is 346 g/mol. The monoisotopic (exact) mass is 367 g/mol. The highest BCUT2D eigenvalue weighted by Gasteiger charge is 2.40. The summed E-state index contributed by atoms with van der Waals surface area (Å²) in [5, 5.41) is 18.6. The number of aliphatic hydroxyl groups excluding tert-OH is 1. The Bertz CT molecular complexity index is 835. The number of hydrogen-bond donors (Lipinski definition) is 2. The van der Waals surface area contributed by atoms with E-state index in [0.29, 0.717) is 0 Å². The zero-order chi connectivity index (χ0) is 19.0. The number of aliphatic carboxylic acids is 1. The van der Waals surface area contributed by atoms with Crippen LogP contribution in [0.15, 0.2) is 48.5 Å². The lowest BCUT2D eigenvalue weighted by atomic mass is 9.97. The van der Waals surface area contributed by atoms with Gasteiger partial charge in [0.05, 0.1) is 5.92 Å². The number of likely N-dealkylation sites (tertiary alicyclic amines) is 1. The van der Waals surface area contributed by atoms with E-state index in [9.17, 15) is 19.8 Å². The van der Waals surface area contributed by atoms with E-state index in [4.69, 9.17) is 4.74 Å². The molecule has 1 amide bonds. The maximum atomic E-state index is 12.5. The lowest BCUT2D eigenvalue weighted by Crippen LogP contribution is -2.31. The highest BCUT2D eigenvalue weighted by atomic mass is 16.6. The van der Waals surface area contributed by atoms with Crippen molar-refractivity contribution in [3.05, 3.63) is 59.7 Å². The Morgan fingerprint density at radius 1 is 1.00 bits per heavy atom. The van der Waals surface area contributed by atoms with Gasteiger partial charge in [-0.15, -0.1) is 0 Å². The average molecular weight is 367 g/mol. The van der Waals surface area contributed by atoms with Crippen molar-refractivity contribution in [2.75, 3.05) is 26.3 Å². The van der Waals surface area contributed by atoms with Gasteiger partial charge in [0, 0.05) is 31.5 Å². The van der Waals surface area contributed by atoms with Gasteiger partial charge >= 0.3 is 12.1 Å². The number of nitrogens with zero attached hydrogens (tertiary/aromatic N) is 1. The van der Waals surface area contributed by atoms with Crippen LogP contribution < -0.4 is 0 Å². The maximum absolute atomic E-state index is 12.5. The van der Waals surface area contributed by atoms with Crippen LogP contribution in [0.1, 0.15) is 17.0 Å². The summed E-state index contributed by atoms with van der Waals surface area (Å²) in [6.07, 6.45) is -0.529. The van der Waals surface area contributed by atoms with Gasteiger partial charge in [0.15, 0.2) is 0 Å². The lowest BCUT2D eigenvalue weighted by molar-refractivity contribution is -0.142. The average Bonchev–Trinajstić information content (AvgIpc) is 3.26. The molecule has 1 saturated heterocycles. The second-order valence-corrected chi connectivity index (χ2v) is 7.10. The third-order valence-corrected chi connectivity index (χ3v) is 5.59. The van der Waals surface area contributed by atoms with Crippen LogP contribution in [0, 0.1) is 11.8 Å². The van der Waals surface area contributed by atoms with Crippen molar-refractivity contribution in [1.82, 2.24) is 4.90 Å². The Morgan fingerprint density at radius 3 is 2.11 bits per heavy atom. The molecule has 6 heteroatoms. The van der Waals surface area contributed by atoms with E-state index in [1.807, 2.05) is 36.4 Å². The molecule has 2 N–H and O–H groups in total. The van der Waals surface area contributed by atoms with Gasteiger partial charge in [-0.3, -0.25) is 4.79 Å². The molecule has 0 unspecified atom stereocenters. The minimum Gasteiger partial charge on any atom is -0.481 e. The number of ether oxygens (including phenoxy) is 1. The molecule has 4 rings (SSSR count). The van der Waals surface area contributed by atoms with Gasteiger partial charge in [-0.05, 0) is 22.3 Å². The van der Waals surface area contributed by atoms with E-state index in [-0.39, 0.29) is 32.2 Å². The summed E-state index contributed by atoms with van der Waals surface area (Å²) in [5.74, 6) is -2.24. The summed E-state index contributed by atoms with van der Waals surface area (Å²) >= 11 is 0. The predicted octanol–water partition coefficient (Wildman–Crippen LogP) is 2.56. The molecule has 2 aromatic carbocycles. The molecule has 27 heavy (non-hydrogen) atoms. The van der Waals surface area contributed by atoms with Crippen LogP contribution in [-0.4, -0.2) is 53.5 Å². The van der Waals surface area contributed by atoms with Crippen LogP contribution in [0.3, 0.4) is 0 Å². The third-order valence-electron chi connectivity index (χ3n) is 5.59. The SMILES string of the molecule is O=C(O)[C@H]1CN(C(=O)OCC2c3ccccc3-c3ccccc32)C[C@H]1CO. The highest BCUT2D eigenvalue weighted by Crippen LogP contribution is 2.44. The van der Waals surface area contributed by atoms with E-state index in [0.717, 1.165) is 22.3 Å². The van der Waals surface area contributed by atoms with E-state index in [1.165, 1.54) is 4.90 Å². The van der Waals surface area contributed by atoms with Crippen LogP contribution >= 0.6 is 0 Å². The van der Waals surface area contributed by atoms with E-state index in [1.54, 1.807) is 0 Å². The van der Waals surface area contributed by atoms with Gasteiger partial charge in [0.25, 0.3) is 0 Å². The third kappa shape index (κ3) is 3.06. The Kier molecular flexibility index (Phi) is 4.58. The van der Waals surface area contributed by atoms with Crippen LogP contribution in [-0.2, 0) is 9.53 Å². The minimum absolute atomic E-state index is 0.0344. The van der Waals surface area contributed by atoms with Crippen LogP contribution in [0.5, 0.6) is 0 Å². The first-order valence-electron chi connectivity index (χ1n) is 9.03. The molecule has 1 aliphatic carbocycles. The maximum Gasteiger partial charge on any atom is 0.409 e. The van der Waals surface area contributed by atoms with Crippen LogP contribution in [0.2, 0.25) is 0 Å². The first-order valence-corrected chi connectivity index (χ1v) is 9.03. The molecule has 2 atom stereocenters. The topological polar surface area (TPSA) is 87.1 Å². The largest absolute Gasteiger partial charge is 0.481 e. The zero-order valence-corrected chi connectivity index (χ0v) is 14.7. The molecule has 0 bridgehead atoms. The first-order chi connectivity index (χ1) is 13.1. The number of carbonyl (C=O) groups is 2. The van der Waals surface area contributed by atoms with Crippen LogP contribution in [0.25, 0.3) is 11.1 Å². The molecule has 0 spiro atoms. The summed E-state index contributed by atoms with van der Waals surface area (Å²) in [7, 11) is 0. The fourth-order valence-electron chi connectivity index (χ4n) is 4.17. The smallest absolute Gasteiger partial charge is 0.409 e. The number of benzene rings is 2. The highest BCUT2D eigenvalue weighted by molar-refractivity contribution is 5.79. The van der Waals surface area contributed by atoms with Crippen molar-refractivity contribution in [3.8, 4) is 11.1 Å². The molecule has 0 saturated carbocycles. The standard InChI is InChI=1S/C21H21NO5/c23-11-13-9-22(10-18(13)20(24)25)21(26)27-12-19-16-7-3-1-5-14(16)15-6-2-4-8-17(15)19/h1-8,13,18-19,23H,9-12H2,(H,24,25)/t13-,18-/m0/s1. The van der Waals surface area contributed by atoms with Gasteiger partial charge in [-0.1, -0.05) is 48.5 Å². The van der Waals surface area contributed by atoms with Crippen molar-refractivity contribution < 1.29 is 24.5 Å². The minimum atomic E-state index is -0.997. The Balaban J connectivity index is 1.48. The van der Waals surface area contributed by atoms with Crippen molar-refractivity contribution in [2.24, 2.45) is 11.8 Å². The number of carboxylic acids is 1. The van der Waals surface area contributed by atoms with Gasteiger partial charge in [0.2, 0.25) is 0 Å². The number of carbonyl (C=O) groups excluding carboxylic acids is 1. The van der Waals surface area contributed by atoms with Gasteiger partial charge in [0.1, 0.15) is 6.61 Å². The predicted molar refractivity (Wildman–Crippen MR) is 98.3 cm³/mol. The molecule has 1 heterocycles. The van der Waals surface area contributed by atoms with E-state index < -0.39 is 23.9 Å². The summed E-state index contributed by atoms with van der Waals surface area (Å²) in [4.78, 5) is 25.2. The Hall–Kier alpha value is -2.86. The van der Waals surface area contributed by atoms with Crippen molar-refractivity contribution in [1.29, 1.82) is 0 Å². The van der Waals surface area contributed by atoms with E-state index >= 15 is 0 Å². The van der Waals surface area contributed by atoms with Crippen molar-refractivity contribution in [3.63, 3.8) is 0 Å². The van der Waals surface area contributed by atoms with Gasteiger partial charge < -0.3 is 19.8 Å². The normalized spacial score (nSPS) is 21.0. The van der Waals surface area contributed by atoms with Crippen molar-refractivity contribution >= 4 is 12.1 Å². The van der Waals surface area contributed by atoms with Crippen LogP contribution in [0.4, 0.5) is 4.79 Å². The zero-order valence-electron chi connectivity index (χ0n) is 14.7. The number of fused-ring (bicyclic) bond motifs is 3. The molecule has 0 radical (unpaired) electrons. The fraction of sp³-hybridized carbons (Fsp3) is 0.333. The first kappa shape index (κ1) is 17.5. The summed E-state index contributed by atoms with van der Waals surface area (Å²) in [6.45, 7) is 0.205. The summed E-state index contributed by atoms with van der Waals surface area (Å²) in [5.41, 5.74) is 4.57. The number of amides is 1. The Morgan fingerprint density at radius 2 is 1.59 bits per heavy atom.